The van der Waals surface area contributed by atoms with E-state index in [0.717, 1.165) is 44.2 Å². The van der Waals surface area contributed by atoms with Gasteiger partial charge < -0.3 is 24.4 Å². The summed E-state index contributed by atoms with van der Waals surface area (Å²) in [5, 5.41) is 11.5. The minimum atomic E-state index is 0.105. The molecule has 1 aliphatic heterocycles. The van der Waals surface area contributed by atoms with Crippen molar-refractivity contribution in [3.63, 3.8) is 0 Å². The van der Waals surface area contributed by atoms with Crippen LogP contribution in [0.3, 0.4) is 0 Å². The van der Waals surface area contributed by atoms with Crippen LogP contribution in [0.2, 0.25) is 0 Å². The second kappa shape index (κ2) is 12.4. The maximum Gasteiger partial charge on any atom is 0.242 e. The molecule has 0 radical (unpaired) electrons. The Kier molecular flexibility index (Phi) is 9.90. The van der Waals surface area contributed by atoms with E-state index >= 15 is 0 Å². The molecule has 9 nitrogen and oxygen atoms in total. The number of likely N-dealkylation sites (N-methyl/N-ethyl adjacent to an activating group) is 2. The normalized spacial score (nSPS) is 17.2. The van der Waals surface area contributed by atoms with Gasteiger partial charge in [0, 0.05) is 46.3 Å². The smallest absolute Gasteiger partial charge is 0.242 e. The summed E-state index contributed by atoms with van der Waals surface area (Å²) in [6.07, 6.45) is 6.12. The van der Waals surface area contributed by atoms with E-state index in [0.29, 0.717) is 32.7 Å². The average molecular weight is 408 g/mol. The summed E-state index contributed by atoms with van der Waals surface area (Å²) in [6, 6.07) is 0. The Morgan fingerprint density at radius 1 is 1.34 bits per heavy atom. The number of nitrogens with zero attached hydrogens (tertiary/aromatic N) is 6. The second-order valence-electron chi connectivity index (χ2n) is 7.30. The van der Waals surface area contributed by atoms with Crippen molar-refractivity contribution < 1.29 is 9.53 Å². The minimum absolute atomic E-state index is 0.105. The van der Waals surface area contributed by atoms with Crippen molar-refractivity contribution in [3.8, 4) is 0 Å². The number of carbonyl (C=O) groups excluding carboxylic acids is 1. The quantitative estimate of drug-likeness (QED) is 0.462. The number of guanidine groups is 1. The summed E-state index contributed by atoms with van der Waals surface area (Å²) < 4.78 is 7.84. The number of ether oxygens (including phenoxy) is 1. The van der Waals surface area contributed by atoms with E-state index in [-0.39, 0.29) is 12.0 Å². The first-order valence-electron chi connectivity index (χ1n) is 10.8. The predicted octanol–water partition coefficient (Wildman–Crippen LogP) is 1.16. The molecule has 0 spiro atoms. The van der Waals surface area contributed by atoms with Gasteiger partial charge in [0.25, 0.3) is 0 Å². The third-order valence-corrected chi connectivity index (χ3v) is 5.22. The third-order valence-electron chi connectivity index (χ3n) is 5.22. The topological polar surface area (TPSA) is 87.9 Å². The van der Waals surface area contributed by atoms with Crippen molar-refractivity contribution >= 4 is 11.9 Å². The summed E-state index contributed by atoms with van der Waals surface area (Å²) in [5.41, 5.74) is 0. The SMILES string of the molecule is CCc1nncn1CCNC(=NCC1CCCCO1)N(C)CC(=O)N(CC)CC. The van der Waals surface area contributed by atoms with Gasteiger partial charge in [-0.1, -0.05) is 6.92 Å². The molecule has 1 amide bonds. The Bertz CT molecular complexity index is 637. The summed E-state index contributed by atoms with van der Waals surface area (Å²) in [5.74, 6) is 1.80. The van der Waals surface area contributed by atoms with Crippen LogP contribution >= 0.6 is 0 Å². The molecule has 1 saturated heterocycles. The van der Waals surface area contributed by atoms with Crippen LogP contribution in [0.5, 0.6) is 0 Å². The predicted molar refractivity (Wildman–Crippen MR) is 114 cm³/mol. The van der Waals surface area contributed by atoms with E-state index in [1.54, 1.807) is 6.33 Å². The highest BCUT2D eigenvalue weighted by Crippen LogP contribution is 2.12. The molecule has 1 aromatic rings. The molecule has 0 saturated carbocycles. The third kappa shape index (κ3) is 7.30. The van der Waals surface area contributed by atoms with Gasteiger partial charge in [-0.3, -0.25) is 9.79 Å². The summed E-state index contributed by atoms with van der Waals surface area (Å²) in [7, 11) is 1.91. The van der Waals surface area contributed by atoms with Crippen molar-refractivity contribution in [3.05, 3.63) is 12.2 Å². The van der Waals surface area contributed by atoms with Gasteiger partial charge in [-0.05, 0) is 33.1 Å². The molecular formula is C20H37N7O2. The van der Waals surface area contributed by atoms with Crippen LogP contribution in [0.4, 0.5) is 0 Å². The van der Waals surface area contributed by atoms with Crippen molar-refractivity contribution in [1.29, 1.82) is 0 Å². The van der Waals surface area contributed by atoms with Crippen LogP contribution in [-0.4, -0.2) is 88.9 Å². The first kappa shape index (κ1) is 23.1. The Hall–Kier alpha value is -2.16. The largest absolute Gasteiger partial charge is 0.376 e. The molecule has 0 aliphatic carbocycles. The second-order valence-corrected chi connectivity index (χ2v) is 7.30. The van der Waals surface area contributed by atoms with Gasteiger partial charge in [0.1, 0.15) is 12.2 Å². The monoisotopic (exact) mass is 407 g/mol. The van der Waals surface area contributed by atoms with Crippen LogP contribution in [0.1, 0.15) is 45.9 Å². The van der Waals surface area contributed by atoms with Crippen molar-refractivity contribution in [1.82, 2.24) is 29.9 Å². The maximum absolute atomic E-state index is 12.5. The average Bonchev–Trinajstić information content (AvgIpc) is 3.19. The number of nitrogens with one attached hydrogen (secondary N) is 1. The van der Waals surface area contributed by atoms with Gasteiger partial charge in [0.2, 0.25) is 5.91 Å². The molecule has 164 valence electrons. The molecule has 1 aromatic heterocycles. The van der Waals surface area contributed by atoms with E-state index in [1.807, 2.05) is 35.3 Å². The molecule has 29 heavy (non-hydrogen) atoms. The number of hydrogen-bond donors (Lipinski definition) is 1. The van der Waals surface area contributed by atoms with E-state index < -0.39 is 0 Å². The maximum atomic E-state index is 12.5. The standard InChI is InChI=1S/C20H37N7O2/c1-5-18-24-23-16-27(18)12-11-21-20(22-14-17-10-8-9-13-29-17)25(4)15-19(28)26(6-2)7-3/h16-17H,5-15H2,1-4H3,(H,21,22). The summed E-state index contributed by atoms with van der Waals surface area (Å²) >= 11 is 0. The minimum Gasteiger partial charge on any atom is -0.376 e. The van der Waals surface area contributed by atoms with Gasteiger partial charge in [0.15, 0.2) is 5.96 Å². The lowest BCUT2D eigenvalue weighted by Crippen LogP contribution is -2.46. The molecule has 1 unspecified atom stereocenters. The number of aryl methyl sites for hydroxylation is 1. The van der Waals surface area contributed by atoms with Gasteiger partial charge >= 0.3 is 0 Å². The van der Waals surface area contributed by atoms with E-state index in [4.69, 9.17) is 9.73 Å². The van der Waals surface area contributed by atoms with E-state index in [9.17, 15) is 4.79 Å². The number of amides is 1. The van der Waals surface area contributed by atoms with Crippen LogP contribution < -0.4 is 5.32 Å². The van der Waals surface area contributed by atoms with Gasteiger partial charge in [-0.25, -0.2) is 0 Å². The molecule has 0 bridgehead atoms. The first-order valence-corrected chi connectivity index (χ1v) is 10.8. The molecule has 2 heterocycles. The first-order chi connectivity index (χ1) is 14.1. The molecule has 1 atom stereocenters. The molecule has 1 N–H and O–H groups in total. The van der Waals surface area contributed by atoms with Crippen LogP contribution in [0.25, 0.3) is 0 Å². The van der Waals surface area contributed by atoms with E-state index in [1.165, 1.54) is 6.42 Å². The zero-order valence-corrected chi connectivity index (χ0v) is 18.4. The highest BCUT2D eigenvalue weighted by Gasteiger charge is 2.17. The van der Waals surface area contributed by atoms with Crippen LogP contribution in [0, 0.1) is 0 Å². The zero-order chi connectivity index (χ0) is 21.1. The molecule has 9 heteroatoms. The highest BCUT2D eigenvalue weighted by molar-refractivity contribution is 5.86. The Morgan fingerprint density at radius 2 is 2.14 bits per heavy atom. The summed E-state index contributed by atoms with van der Waals surface area (Å²) in [6.45, 7) is 10.6. The fraction of sp³-hybridized carbons (Fsp3) is 0.800. The number of carbonyl (C=O) groups is 1. The van der Waals surface area contributed by atoms with Crippen LogP contribution in [-0.2, 0) is 22.5 Å². The van der Waals surface area contributed by atoms with Gasteiger partial charge in [-0.15, -0.1) is 10.2 Å². The van der Waals surface area contributed by atoms with Crippen molar-refractivity contribution in [2.45, 2.75) is 59.1 Å². The zero-order valence-electron chi connectivity index (χ0n) is 18.4. The fourth-order valence-electron chi connectivity index (χ4n) is 3.43. The molecular weight excluding hydrogens is 370 g/mol. The number of hydrogen-bond acceptors (Lipinski definition) is 5. The van der Waals surface area contributed by atoms with Crippen LogP contribution in [0.15, 0.2) is 11.3 Å². The van der Waals surface area contributed by atoms with E-state index in [2.05, 4.69) is 22.4 Å². The summed E-state index contributed by atoms with van der Waals surface area (Å²) in [4.78, 5) is 21.0. The van der Waals surface area contributed by atoms with Gasteiger partial charge in [-0.2, -0.15) is 0 Å². The van der Waals surface area contributed by atoms with Crippen molar-refractivity contribution in [2.75, 3.05) is 46.4 Å². The van der Waals surface area contributed by atoms with Crippen molar-refractivity contribution in [2.24, 2.45) is 4.99 Å². The lowest BCUT2D eigenvalue weighted by Gasteiger charge is -2.27. The molecule has 1 fully saturated rings. The highest BCUT2D eigenvalue weighted by atomic mass is 16.5. The van der Waals surface area contributed by atoms with Gasteiger partial charge in [0.05, 0.1) is 19.2 Å². The lowest BCUT2D eigenvalue weighted by atomic mass is 10.1. The molecule has 0 aromatic carbocycles. The molecule has 2 rings (SSSR count). The Balaban J connectivity index is 1.98. The number of aliphatic imine (C=N–C) groups is 1. The fourth-order valence-corrected chi connectivity index (χ4v) is 3.43. The molecule has 1 aliphatic rings. The Labute approximate surface area is 174 Å². The lowest BCUT2D eigenvalue weighted by molar-refractivity contribution is -0.131. The number of aromatic nitrogens is 3. The number of rotatable bonds is 10. The Morgan fingerprint density at radius 3 is 2.79 bits per heavy atom.